The molecule has 0 radical (unpaired) electrons. The predicted molar refractivity (Wildman–Crippen MR) is 101 cm³/mol. The van der Waals surface area contributed by atoms with Crippen LogP contribution in [0.2, 0.25) is 0 Å². The van der Waals surface area contributed by atoms with Crippen molar-refractivity contribution in [3.05, 3.63) is 30.0 Å². The normalized spacial score (nSPS) is 20.5. The van der Waals surface area contributed by atoms with E-state index >= 15 is 0 Å². The van der Waals surface area contributed by atoms with Crippen LogP contribution in [0, 0.1) is 0 Å². The number of amides is 1. The zero-order chi connectivity index (χ0) is 20.1. The van der Waals surface area contributed by atoms with Crippen molar-refractivity contribution in [3.8, 4) is 22.8 Å². The van der Waals surface area contributed by atoms with Gasteiger partial charge in [0.2, 0.25) is 6.79 Å². The first-order chi connectivity index (χ1) is 13.1. The van der Waals surface area contributed by atoms with Crippen LogP contribution in [0.5, 0.6) is 11.5 Å². The van der Waals surface area contributed by atoms with Crippen LogP contribution in [-0.2, 0) is 9.47 Å². The van der Waals surface area contributed by atoms with Crippen molar-refractivity contribution in [1.29, 1.82) is 0 Å². The minimum atomic E-state index is -0.781. The third-order valence-corrected chi connectivity index (χ3v) is 4.70. The van der Waals surface area contributed by atoms with Gasteiger partial charge in [0, 0.05) is 5.56 Å². The molecular weight excluding hydrogens is 362 g/mol. The lowest BCUT2D eigenvalue weighted by Crippen LogP contribution is -2.47. The second kappa shape index (κ2) is 6.41. The lowest BCUT2D eigenvalue weighted by Gasteiger charge is -2.34. The van der Waals surface area contributed by atoms with E-state index in [1.807, 2.05) is 58.9 Å². The molecule has 0 saturated carbocycles. The van der Waals surface area contributed by atoms with Crippen molar-refractivity contribution in [1.82, 2.24) is 15.1 Å². The summed E-state index contributed by atoms with van der Waals surface area (Å²) in [5.41, 5.74) is 1.06. The summed E-state index contributed by atoms with van der Waals surface area (Å²) in [5.74, 6) is 1.42. The van der Waals surface area contributed by atoms with Gasteiger partial charge < -0.3 is 18.9 Å². The fourth-order valence-corrected chi connectivity index (χ4v) is 3.40. The molecule has 1 unspecified atom stereocenters. The number of ether oxygens (including phenoxy) is 4. The van der Waals surface area contributed by atoms with Crippen LogP contribution in [0.25, 0.3) is 11.3 Å². The molecule has 150 valence electrons. The van der Waals surface area contributed by atoms with Crippen molar-refractivity contribution in [2.75, 3.05) is 13.4 Å². The topological polar surface area (TPSA) is 85.9 Å². The van der Waals surface area contributed by atoms with Crippen LogP contribution < -0.4 is 9.47 Å². The number of hydrogen-bond acceptors (Lipinski definition) is 6. The summed E-state index contributed by atoms with van der Waals surface area (Å²) in [6.45, 7) is 9.82. The number of hydrogen-bond donors (Lipinski definition) is 1. The molecule has 8 nitrogen and oxygen atoms in total. The first kappa shape index (κ1) is 18.6. The maximum Gasteiger partial charge on any atom is 0.413 e. The summed E-state index contributed by atoms with van der Waals surface area (Å²) >= 11 is 0. The second-order valence-corrected chi connectivity index (χ2v) is 8.40. The molecule has 0 bridgehead atoms. The third kappa shape index (κ3) is 3.40. The lowest BCUT2D eigenvalue weighted by molar-refractivity contribution is -0.0627. The highest BCUT2D eigenvalue weighted by Crippen LogP contribution is 2.39. The summed E-state index contributed by atoms with van der Waals surface area (Å²) in [7, 11) is 0. The Bertz CT molecular complexity index is 899. The maximum absolute atomic E-state index is 12.8. The molecule has 28 heavy (non-hydrogen) atoms. The Balaban J connectivity index is 1.61. The monoisotopic (exact) mass is 387 g/mol. The fourth-order valence-electron chi connectivity index (χ4n) is 3.40. The first-order valence-electron chi connectivity index (χ1n) is 9.26. The Morgan fingerprint density at radius 3 is 2.75 bits per heavy atom. The van der Waals surface area contributed by atoms with E-state index in [0.29, 0.717) is 12.4 Å². The molecule has 0 aliphatic carbocycles. The molecule has 1 saturated heterocycles. The van der Waals surface area contributed by atoms with E-state index in [-0.39, 0.29) is 12.8 Å². The molecule has 1 fully saturated rings. The van der Waals surface area contributed by atoms with Gasteiger partial charge in [-0.2, -0.15) is 5.10 Å². The number of H-pyrrole nitrogens is 1. The average Bonchev–Trinajstić information content (AvgIpc) is 3.29. The van der Waals surface area contributed by atoms with Crippen molar-refractivity contribution in [2.24, 2.45) is 0 Å². The van der Waals surface area contributed by atoms with Gasteiger partial charge in [0.25, 0.3) is 0 Å². The van der Waals surface area contributed by atoms with Gasteiger partial charge in [0.15, 0.2) is 11.5 Å². The Kier molecular flexibility index (Phi) is 4.26. The lowest BCUT2D eigenvalue weighted by atomic mass is 10.1. The van der Waals surface area contributed by atoms with Gasteiger partial charge in [-0.3, -0.25) is 10.00 Å². The van der Waals surface area contributed by atoms with E-state index in [1.165, 1.54) is 0 Å². The first-order valence-corrected chi connectivity index (χ1v) is 9.26. The minimum absolute atomic E-state index is 0.226. The fraction of sp³-hybridized carbons (Fsp3) is 0.500. The maximum atomic E-state index is 12.8. The van der Waals surface area contributed by atoms with Crippen LogP contribution >= 0.6 is 0 Å². The molecule has 2 aromatic rings. The number of nitrogens with one attached hydrogen (secondary N) is 1. The van der Waals surface area contributed by atoms with Crippen molar-refractivity contribution in [3.63, 3.8) is 0 Å². The third-order valence-electron chi connectivity index (χ3n) is 4.70. The van der Waals surface area contributed by atoms with Crippen molar-refractivity contribution >= 4 is 6.09 Å². The van der Waals surface area contributed by atoms with E-state index in [1.54, 1.807) is 4.90 Å². The average molecular weight is 387 g/mol. The van der Waals surface area contributed by atoms with Gasteiger partial charge in [-0.15, -0.1) is 0 Å². The van der Waals surface area contributed by atoms with Gasteiger partial charge in [-0.1, -0.05) is 0 Å². The van der Waals surface area contributed by atoms with Crippen LogP contribution in [-0.4, -0.2) is 45.9 Å². The van der Waals surface area contributed by atoms with Crippen LogP contribution in [0.4, 0.5) is 4.79 Å². The molecule has 2 aliphatic heterocycles. The molecular formula is C20H25N3O5. The van der Waals surface area contributed by atoms with E-state index in [4.69, 9.17) is 18.9 Å². The predicted octanol–water partition coefficient (Wildman–Crippen LogP) is 3.85. The molecule has 3 heterocycles. The standard InChI is InChI=1S/C20H25N3O5/c1-19(2,3)28-18(24)23-15(10-27-20(23,4)5)14-9-13(21-22-14)12-6-7-16-17(8-12)26-11-25-16/h6-9,15H,10-11H2,1-5H3,(H,21,22). The molecule has 8 heteroatoms. The number of aromatic amines is 1. The summed E-state index contributed by atoms with van der Waals surface area (Å²) in [4.78, 5) is 14.4. The van der Waals surface area contributed by atoms with Crippen LogP contribution in [0.1, 0.15) is 46.4 Å². The van der Waals surface area contributed by atoms with Crippen molar-refractivity contribution < 1.29 is 23.7 Å². The van der Waals surface area contributed by atoms with E-state index < -0.39 is 17.4 Å². The highest BCUT2D eigenvalue weighted by Gasteiger charge is 2.47. The Labute approximate surface area is 163 Å². The van der Waals surface area contributed by atoms with E-state index in [2.05, 4.69) is 10.2 Å². The summed E-state index contributed by atoms with van der Waals surface area (Å²) in [6.07, 6.45) is -0.417. The highest BCUT2D eigenvalue weighted by atomic mass is 16.7. The number of nitrogens with zero attached hydrogens (tertiary/aromatic N) is 2. The van der Waals surface area contributed by atoms with Gasteiger partial charge in [0.05, 0.1) is 18.0 Å². The van der Waals surface area contributed by atoms with Gasteiger partial charge in [0.1, 0.15) is 17.4 Å². The Morgan fingerprint density at radius 2 is 2.00 bits per heavy atom. The van der Waals surface area contributed by atoms with Gasteiger partial charge in [-0.25, -0.2) is 4.79 Å². The summed E-state index contributed by atoms with van der Waals surface area (Å²) in [6, 6.07) is 7.28. The van der Waals surface area contributed by atoms with Gasteiger partial charge in [-0.05, 0) is 58.9 Å². The number of aromatic nitrogens is 2. The van der Waals surface area contributed by atoms with E-state index in [9.17, 15) is 4.79 Å². The number of fused-ring (bicyclic) bond motifs is 1. The molecule has 1 aromatic heterocycles. The second-order valence-electron chi connectivity index (χ2n) is 8.40. The quantitative estimate of drug-likeness (QED) is 0.842. The largest absolute Gasteiger partial charge is 0.454 e. The zero-order valence-corrected chi connectivity index (χ0v) is 16.7. The number of carbonyl (C=O) groups excluding carboxylic acids is 1. The summed E-state index contributed by atoms with van der Waals surface area (Å²) in [5, 5.41) is 7.46. The molecule has 1 N–H and O–H groups in total. The van der Waals surface area contributed by atoms with Crippen LogP contribution in [0.15, 0.2) is 24.3 Å². The molecule has 1 amide bonds. The Hall–Kier alpha value is -2.74. The molecule has 0 spiro atoms. The number of rotatable bonds is 2. The van der Waals surface area contributed by atoms with Crippen molar-refractivity contribution in [2.45, 2.75) is 52.0 Å². The van der Waals surface area contributed by atoms with Gasteiger partial charge >= 0.3 is 6.09 Å². The SMILES string of the molecule is CC(C)(C)OC(=O)N1C(c2cc(-c3ccc4c(c3)OCO4)n[nH]2)COC1(C)C. The zero-order valence-electron chi connectivity index (χ0n) is 16.7. The molecule has 1 aromatic carbocycles. The molecule has 4 rings (SSSR count). The van der Waals surface area contributed by atoms with E-state index in [0.717, 1.165) is 22.7 Å². The Morgan fingerprint density at radius 1 is 1.25 bits per heavy atom. The molecule has 1 atom stereocenters. The minimum Gasteiger partial charge on any atom is -0.454 e. The van der Waals surface area contributed by atoms with Crippen LogP contribution in [0.3, 0.4) is 0 Å². The molecule has 2 aliphatic rings. The smallest absolute Gasteiger partial charge is 0.413 e. The highest BCUT2D eigenvalue weighted by molar-refractivity contribution is 5.70. The number of carbonyl (C=O) groups is 1. The number of benzene rings is 1. The summed E-state index contributed by atoms with van der Waals surface area (Å²) < 4.78 is 22.3.